The second kappa shape index (κ2) is 8.18. The molecule has 2 atom stereocenters. The number of piperidine rings is 1. The van der Waals surface area contributed by atoms with Crippen molar-refractivity contribution < 1.29 is 9.53 Å². The summed E-state index contributed by atoms with van der Waals surface area (Å²) in [6.45, 7) is 8.81. The Kier molecular flexibility index (Phi) is 6.25. The number of likely N-dealkylation sites (tertiary alicyclic amines) is 1. The highest BCUT2D eigenvalue weighted by atomic mass is 16.5. The summed E-state index contributed by atoms with van der Waals surface area (Å²) in [5.41, 5.74) is 0.652. The molecule has 1 saturated heterocycles. The molecule has 1 aromatic rings. The van der Waals surface area contributed by atoms with E-state index in [9.17, 15) is 4.79 Å². The van der Waals surface area contributed by atoms with E-state index in [-0.39, 0.29) is 5.91 Å². The number of ether oxygens (including phenoxy) is 1. The molecule has 22 heavy (non-hydrogen) atoms. The molecule has 1 aliphatic rings. The summed E-state index contributed by atoms with van der Waals surface area (Å²) in [4.78, 5) is 14.6. The fourth-order valence-corrected chi connectivity index (χ4v) is 3.35. The Hall–Kier alpha value is -1.55. The fraction of sp³-hybridized carbons (Fsp3) is 0.611. The van der Waals surface area contributed by atoms with Gasteiger partial charge in [-0.1, -0.05) is 19.9 Å². The molecule has 122 valence electrons. The molecule has 1 heterocycles. The van der Waals surface area contributed by atoms with Gasteiger partial charge in [0.2, 0.25) is 0 Å². The van der Waals surface area contributed by atoms with E-state index in [1.165, 1.54) is 19.5 Å². The van der Waals surface area contributed by atoms with E-state index in [0.717, 1.165) is 31.3 Å². The van der Waals surface area contributed by atoms with Crippen molar-refractivity contribution >= 4 is 5.91 Å². The zero-order valence-electron chi connectivity index (χ0n) is 14.0. The van der Waals surface area contributed by atoms with E-state index in [1.807, 2.05) is 18.2 Å². The first-order valence-corrected chi connectivity index (χ1v) is 8.23. The van der Waals surface area contributed by atoms with E-state index in [0.29, 0.717) is 11.3 Å². The maximum Gasteiger partial charge on any atom is 0.251 e. The molecule has 0 aliphatic carbocycles. The van der Waals surface area contributed by atoms with Crippen molar-refractivity contribution in [3.63, 3.8) is 0 Å². The van der Waals surface area contributed by atoms with Gasteiger partial charge in [-0.3, -0.25) is 4.79 Å². The third-order valence-corrected chi connectivity index (χ3v) is 4.21. The third-order valence-electron chi connectivity index (χ3n) is 4.21. The number of rotatable bonds is 6. The van der Waals surface area contributed by atoms with Gasteiger partial charge in [-0.15, -0.1) is 0 Å². The number of methoxy groups -OCH3 is 1. The molecule has 1 N–H and O–H groups in total. The lowest BCUT2D eigenvalue weighted by Gasteiger charge is -2.34. The minimum absolute atomic E-state index is 0.0284. The predicted molar refractivity (Wildman–Crippen MR) is 89.3 cm³/mol. The van der Waals surface area contributed by atoms with Gasteiger partial charge in [0.05, 0.1) is 7.11 Å². The standard InChI is InChI=1S/C18H28N2O2/c1-14-10-15(2)13-20(12-14)9-5-8-19-18(21)16-6-4-7-17(11-16)22-3/h4,6-7,11,14-15H,5,8-10,12-13H2,1-3H3,(H,19,21). The van der Waals surface area contributed by atoms with Crippen molar-refractivity contribution in [2.75, 3.05) is 33.3 Å². The topological polar surface area (TPSA) is 41.6 Å². The number of hydrogen-bond acceptors (Lipinski definition) is 3. The molecule has 2 rings (SSSR count). The van der Waals surface area contributed by atoms with Crippen molar-refractivity contribution in [3.05, 3.63) is 29.8 Å². The molecule has 1 aliphatic heterocycles. The summed E-state index contributed by atoms with van der Waals surface area (Å²) >= 11 is 0. The first-order valence-electron chi connectivity index (χ1n) is 8.23. The van der Waals surface area contributed by atoms with Crippen LogP contribution in [0.15, 0.2) is 24.3 Å². The Morgan fingerprint density at radius 2 is 2.05 bits per heavy atom. The summed E-state index contributed by atoms with van der Waals surface area (Å²) in [5, 5.41) is 2.99. The first kappa shape index (κ1) is 16.8. The van der Waals surface area contributed by atoms with E-state index >= 15 is 0 Å². The van der Waals surface area contributed by atoms with Gasteiger partial charge in [-0.2, -0.15) is 0 Å². The van der Waals surface area contributed by atoms with Crippen LogP contribution >= 0.6 is 0 Å². The SMILES string of the molecule is COc1cccc(C(=O)NCCCN2CC(C)CC(C)C2)c1. The van der Waals surface area contributed by atoms with Crippen LogP contribution in [0, 0.1) is 11.8 Å². The van der Waals surface area contributed by atoms with Crippen molar-refractivity contribution in [1.82, 2.24) is 10.2 Å². The lowest BCUT2D eigenvalue weighted by molar-refractivity contribution is 0.0947. The van der Waals surface area contributed by atoms with Crippen LogP contribution in [0.5, 0.6) is 5.75 Å². The van der Waals surface area contributed by atoms with Gasteiger partial charge in [-0.25, -0.2) is 0 Å². The average Bonchev–Trinajstić information content (AvgIpc) is 2.50. The highest BCUT2D eigenvalue weighted by Crippen LogP contribution is 2.20. The highest BCUT2D eigenvalue weighted by Gasteiger charge is 2.21. The van der Waals surface area contributed by atoms with Crippen LogP contribution in [0.25, 0.3) is 0 Å². The lowest BCUT2D eigenvalue weighted by Crippen LogP contribution is -2.40. The molecule has 0 spiro atoms. The highest BCUT2D eigenvalue weighted by molar-refractivity contribution is 5.94. The quantitative estimate of drug-likeness (QED) is 0.822. The summed E-state index contributed by atoms with van der Waals surface area (Å²) in [7, 11) is 1.61. The lowest BCUT2D eigenvalue weighted by atomic mass is 9.92. The summed E-state index contributed by atoms with van der Waals surface area (Å²) < 4.78 is 5.14. The molecule has 0 radical (unpaired) electrons. The Bertz CT molecular complexity index is 480. The normalized spacial score (nSPS) is 22.3. The zero-order chi connectivity index (χ0) is 15.9. The van der Waals surface area contributed by atoms with Crippen LogP contribution in [0.3, 0.4) is 0 Å². The molecule has 1 aromatic carbocycles. The van der Waals surface area contributed by atoms with Gasteiger partial charge in [0, 0.05) is 25.2 Å². The summed E-state index contributed by atoms with van der Waals surface area (Å²) in [6.07, 6.45) is 2.33. The number of hydrogen-bond donors (Lipinski definition) is 1. The number of nitrogens with zero attached hydrogens (tertiary/aromatic N) is 1. The second-order valence-electron chi connectivity index (χ2n) is 6.55. The second-order valence-corrected chi connectivity index (χ2v) is 6.55. The first-order chi connectivity index (χ1) is 10.6. The molecule has 0 saturated carbocycles. The molecule has 1 fully saturated rings. The van der Waals surface area contributed by atoms with Crippen LogP contribution in [0.2, 0.25) is 0 Å². The van der Waals surface area contributed by atoms with Gasteiger partial charge < -0.3 is 15.0 Å². The smallest absolute Gasteiger partial charge is 0.251 e. The molecule has 0 aromatic heterocycles. The van der Waals surface area contributed by atoms with Gasteiger partial charge in [0.25, 0.3) is 5.91 Å². The maximum atomic E-state index is 12.1. The Morgan fingerprint density at radius 1 is 1.32 bits per heavy atom. The third kappa shape index (κ3) is 5.02. The monoisotopic (exact) mass is 304 g/mol. The van der Waals surface area contributed by atoms with E-state index in [4.69, 9.17) is 4.74 Å². The van der Waals surface area contributed by atoms with Crippen LogP contribution in [-0.4, -0.2) is 44.1 Å². The maximum absolute atomic E-state index is 12.1. The largest absolute Gasteiger partial charge is 0.497 e. The van der Waals surface area contributed by atoms with Crippen molar-refractivity contribution in [2.24, 2.45) is 11.8 Å². The number of amides is 1. The van der Waals surface area contributed by atoms with E-state index in [2.05, 4.69) is 24.1 Å². The summed E-state index contributed by atoms with van der Waals surface area (Å²) in [6, 6.07) is 7.26. The molecule has 0 bridgehead atoms. The van der Waals surface area contributed by atoms with Crippen LogP contribution in [0.1, 0.15) is 37.0 Å². The Morgan fingerprint density at radius 3 is 2.73 bits per heavy atom. The molecular weight excluding hydrogens is 276 g/mol. The van der Waals surface area contributed by atoms with Crippen LogP contribution in [0.4, 0.5) is 0 Å². The number of benzene rings is 1. The molecule has 1 amide bonds. The van der Waals surface area contributed by atoms with Crippen molar-refractivity contribution in [3.8, 4) is 5.75 Å². The fourth-order valence-electron chi connectivity index (χ4n) is 3.35. The van der Waals surface area contributed by atoms with Gasteiger partial charge in [0.15, 0.2) is 0 Å². The van der Waals surface area contributed by atoms with Gasteiger partial charge in [0.1, 0.15) is 5.75 Å². The number of carbonyl (C=O) groups is 1. The minimum atomic E-state index is -0.0284. The minimum Gasteiger partial charge on any atom is -0.497 e. The van der Waals surface area contributed by atoms with Crippen molar-refractivity contribution in [1.29, 1.82) is 0 Å². The molecular formula is C18H28N2O2. The predicted octanol–water partition coefficient (Wildman–Crippen LogP) is 2.79. The van der Waals surface area contributed by atoms with Gasteiger partial charge in [-0.05, 0) is 49.4 Å². The van der Waals surface area contributed by atoms with E-state index in [1.54, 1.807) is 13.2 Å². The van der Waals surface area contributed by atoms with Crippen molar-refractivity contribution in [2.45, 2.75) is 26.7 Å². The average molecular weight is 304 g/mol. The Balaban J connectivity index is 1.70. The Labute approximate surface area is 133 Å². The van der Waals surface area contributed by atoms with E-state index < -0.39 is 0 Å². The molecule has 4 heteroatoms. The van der Waals surface area contributed by atoms with Crippen LogP contribution < -0.4 is 10.1 Å². The number of nitrogens with one attached hydrogen (secondary N) is 1. The van der Waals surface area contributed by atoms with Gasteiger partial charge >= 0.3 is 0 Å². The zero-order valence-corrected chi connectivity index (χ0v) is 14.0. The number of carbonyl (C=O) groups excluding carboxylic acids is 1. The molecule has 2 unspecified atom stereocenters. The molecule has 4 nitrogen and oxygen atoms in total. The summed E-state index contributed by atoms with van der Waals surface area (Å²) in [5.74, 6) is 2.26. The van der Waals surface area contributed by atoms with Crippen LogP contribution in [-0.2, 0) is 0 Å².